The molecule has 0 aromatic heterocycles. The van der Waals surface area contributed by atoms with E-state index < -0.39 is 70.1 Å². The summed E-state index contributed by atoms with van der Waals surface area (Å²) in [6, 6.07) is 11.4. The lowest BCUT2D eigenvalue weighted by atomic mass is 9.49. The van der Waals surface area contributed by atoms with Crippen LogP contribution in [0, 0.1) is 74.9 Å². The number of aromatic hydroxyl groups is 2. The van der Waals surface area contributed by atoms with E-state index in [0.29, 0.717) is 101 Å². The average molecular weight is 1350 g/mol. The zero-order chi connectivity index (χ0) is 66.2. The second-order valence-corrected chi connectivity index (χ2v) is 34.8. The monoisotopic (exact) mass is 1350 g/mol. The minimum absolute atomic E-state index is 0.0178. The normalized spacial score (nSPS) is 41.3. The van der Waals surface area contributed by atoms with Crippen LogP contribution in [0.5, 0.6) is 17.2 Å². The first-order chi connectivity index (χ1) is 46.5. The lowest BCUT2D eigenvalue weighted by Gasteiger charge is -2.58. The Balaban J connectivity index is 0.830. The van der Waals surface area contributed by atoms with Crippen LogP contribution in [0.2, 0.25) is 0 Å². The van der Waals surface area contributed by atoms with Crippen LogP contribution in [0.15, 0.2) is 85.0 Å². The zero-order valence-corrected chi connectivity index (χ0v) is 57.9. The van der Waals surface area contributed by atoms with Gasteiger partial charge in [0.05, 0.1) is 23.6 Å². The molecule has 2 aromatic carbocycles. The van der Waals surface area contributed by atoms with Gasteiger partial charge in [0.2, 0.25) is 5.91 Å². The number of aliphatic hydroxyl groups excluding tert-OH is 2. The number of phenolic OH excluding ortho intramolecular Hbond substituents is 2. The second-order valence-electron chi connectivity index (χ2n) is 32.3. The SMILES string of the molecule is CC(=O)O[C@H]1C[C@@H](OC(=O)[C@]23CCCC[C@H]2CCC(=O)N3)C2(CCNCC2)[C@@H]2c3ccc(O)c4c3[C@@H](C[C@@H]2C#CC[C@H]2C[C@@](C)(O)CSS[C@@H]3C=C[C@@H](C[C@@H]21)[C@H](O)[C@H]3NC[C@]12C=C[C@H]3[C@H](N5CCNCC5)C=CC[C@@]3(C=C[C@@H]1c1ccc(O)cc1)C2)[C@H](C1(CO)CCCC1)CO4. The molecule has 1 amide bonds. The first-order valence-electron chi connectivity index (χ1n) is 36.8. The standard InChI is InChI=1S/C78H103N5O11S2/c1-48(85)93-63-41-65(94-72(90)78-28-4-3-11-53(78)16-22-66(88)82-78)77(31-33-79-34-32-77)68-50(39-57-60(75(46-84)25-5-6-26-75)43-92-71-62(87)20-19-55(68)67(57)71)9-7-10-52-42-73(2,91)47-95-96-64-21-15-51(40-56(52)63)70(89)69(64)81-45-76-30-24-59-61(83-37-35-80-36-38-83)12-8-27-74(59,44-76)29-23-58(76)49-13-17-54(86)18-14-49/h8,12-15,17-21,23-24,29-30,50-53,56-61,63-65,68-70,79-81,84,86-87,89,91H,3-6,10-11,16,22,25-28,31-47H2,1-2H3,(H,82,88)/t50-,51-,52-,53-,56-,57-,58+,59-,60+,61+,63-,64+,65+,68-,69-,70-,73+,74+,76+,78-/m0/s1. The highest BCUT2D eigenvalue weighted by Crippen LogP contribution is 2.66. The minimum atomic E-state index is -1.23. The Morgan fingerprint density at radius 3 is 2.47 bits per heavy atom. The van der Waals surface area contributed by atoms with Crippen molar-refractivity contribution < 1.29 is 54.1 Å². The number of carbonyl (C=O) groups is 3. The van der Waals surface area contributed by atoms with Gasteiger partial charge in [0.15, 0.2) is 11.5 Å². The summed E-state index contributed by atoms with van der Waals surface area (Å²) in [4.78, 5) is 46.8. The van der Waals surface area contributed by atoms with E-state index in [9.17, 15) is 35.1 Å². The van der Waals surface area contributed by atoms with E-state index in [2.05, 4.69) is 105 Å². The molecule has 0 unspecified atom stereocenters. The second kappa shape index (κ2) is 26.9. The molecule has 16 nitrogen and oxygen atoms in total. The third-order valence-electron chi connectivity index (χ3n) is 26.9. The van der Waals surface area contributed by atoms with Crippen LogP contribution >= 0.6 is 21.6 Å². The van der Waals surface area contributed by atoms with Crippen molar-refractivity contribution in [2.24, 2.45) is 63.1 Å². The molecule has 2 saturated carbocycles. The molecular formula is C78H103N5O11S2. The molecular weight excluding hydrogens is 1250 g/mol. The molecule has 20 atom stereocenters. The summed E-state index contributed by atoms with van der Waals surface area (Å²) >= 11 is 0. The van der Waals surface area contributed by atoms with Crippen molar-refractivity contribution in [1.29, 1.82) is 0 Å². The van der Waals surface area contributed by atoms with Crippen LogP contribution in [-0.2, 0) is 23.9 Å². The Hall–Kier alpha value is -4.81. The summed E-state index contributed by atoms with van der Waals surface area (Å²) in [5.41, 5.74) is -1.05. The fourth-order valence-electron chi connectivity index (χ4n) is 22.2. The number of piperidine rings is 2. The number of rotatable bonds is 10. The average Bonchev–Trinajstić information content (AvgIpc) is 0.827. The molecule has 6 aliphatic heterocycles. The van der Waals surface area contributed by atoms with Gasteiger partial charge in [-0.25, -0.2) is 4.79 Å². The predicted octanol–water partition coefficient (Wildman–Crippen LogP) is 9.86. The number of allylic oxidation sites excluding steroid dienone is 3. The summed E-state index contributed by atoms with van der Waals surface area (Å²) < 4.78 is 21.2. The number of nitrogens with one attached hydrogen (secondary N) is 4. The van der Waals surface area contributed by atoms with Gasteiger partial charge >= 0.3 is 11.9 Å². The van der Waals surface area contributed by atoms with Crippen molar-refractivity contribution in [3.8, 4) is 29.1 Å². The molecule has 96 heavy (non-hydrogen) atoms. The van der Waals surface area contributed by atoms with E-state index in [4.69, 9.17) is 14.2 Å². The van der Waals surface area contributed by atoms with Crippen molar-refractivity contribution in [3.05, 3.63) is 102 Å². The summed E-state index contributed by atoms with van der Waals surface area (Å²) in [5, 5.41) is 75.0. The highest BCUT2D eigenvalue weighted by atomic mass is 33.1. The van der Waals surface area contributed by atoms with E-state index >= 15 is 4.79 Å². The molecule has 6 heterocycles. The number of hydrogen-bond acceptors (Lipinski definition) is 17. The Labute approximate surface area is 575 Å². The number of esters is 2. The highest BCUT2D eigenvalue weighted by Gasteiger charge is 2.62. The first-order valence-corrected chi connectivity index (χ1v) is 39.2. The molecule has 4 bridgehead atoms. The maximum absolute atomic E-state index is 16.1. The van der Waals surface area contributed by atoms with Gasteiger partial charge in [-0.15, -0.1) is 5.92 Å². The predicted molar refractivity (Wildman–Crippen MR) is 373 cm³/mol. The molecule has 6 fully saturated rings. The molecule has 8 aliphatic carbocycles. The zero-order valence-electron chi connectivity index (χ0n) is 56.3. The van der Waals surface area contributed by atoms with Crippen molar-refractivity contribution in [2.45, 2.75) is 200 Å². The van der Waals surface area contributed by atoms with Crippen LogP contribution in [0.3, 0.4) is 0 Å². The van der Waals surface area contributed by atoms with Gasteiger partial charge in [0.25, 0.3) is 0 Å². The summed E-state index contributed by atoms with van der Waals surface area (Å²) in [5.74, 6) is 6.09. The highest BCUT2D eigenvalue weighted by molar-refractivity contribution is 8.77. The number of piperazine rings is 1. The number of hydrogen-bond donors (Lipinski definition) is 9. The largest absolute Gasteiger partial charge is 0.508 e. The fraction of sp³-hybridized carbons (Fsp3) is 0.679. The van der Waals surface area contributed by atoms with E-state index in [1.54, 1.807) is 39.8 Å². The van der Waals surface area contributed by atoms with Crippen LogP contribution in [0.4, 0.5) is 0 Å². The summed E-state index contributed by atoms with van der Waals surface area (Å²) in [7, 11) is 3.32. The molecule has 16 rings (SSSR count). The fourth-order valence-corrected chi connectivity index (χ4v) is 25.4. The molecule has 2 aromatic rings. The van der Waals surface area contributed by atoms with Gasteiger partial charge in [-0.1, -0.05) is 120 Å². The molecule has 0 radical (unpaired) electrons. The van der Waals surface area contributed by atoms with Gasteiger partial charge in [-0.05, 0) is 144 Å². The number of carbonyl (C=O) groups excluding carboxylic acids is 3. The van der Waals surface area contributed by atoms with Gasteiger partial charge in [-0.3, -0.25) is 14.5 Å². The van der Waals surface area contributed by atoms with E-state index in [0.717, 1.165) is 101 Å². The summed E-state index contributed by atoms with van der Waals surface area (Å²) in [6.45, 7) is 9.54. The van der Waals surface area contributed by atoms with E-state index in [1.165, 1.54) is 6.92 Å². The van der Waals surface area contributed by atoms with Crippen molar-refractivity contribution in [2.75, 3.05) is 64.8 Å². The molecule has 18 heteroatoms. The van der Waals surface area contributed by atoms with E-state index in [1.807, 2.05) is 6.92 Å². The Morgan fingerprint density at radius 2 is 1.68 bits per heavy atom. The molecule has 9 N–H and O–H groups in total. The van der Waals surface area contributed by atoms with Crippen molar-refractivity contribution in [1.82, 2.24) is 26.2 Å². The summed E-state index contributed by atoms with van der Waals surface area (Å²) in [6.07, 6.45) is 29.2. The number of fused-ring (bicyclic) bond motifs is 10. The molecule has 14 aliphatic rings. The maximum atomic E-state index is 16.1. The Morgan fingerprint density at radius 1 is 0.885 bits per heavy atom. The number of ether oxygens (including phenoxy) is 3. The van der Waals surface area contributed by atoms with Gasteiger partial charge < -0.3 is 61.0 Å². The van der Waals surface area contributed by atoms with Crippen molar-refractivity contribution in [3.63, 3.8) is 0 Å². The smallest absolute Gasteiger partial charge is 0.332 e. The van der Waals surface area contributed by atoms with Gasteiger partial charge in [0.1, 0.15) is 23.5 Å². The molecule has 4 saturated heterocycles. The topological polar surface area (TPSA) is 231 Å². The van der Waals surface area contributed by atoms with Crippen LogP contribution in [0.1, 0.15) is 170 Å². The van der Waals surface area contributed by atoms with Gasteiger partial charge in [0, 0.05) is 152 Å². The molecule has 2 spiro atoms. The number of amides is 1. The Kier molecular flexibility index (Phi) is 18.8. The lowest BCUT2D eigenvalue weighted by molar-refractivity contribution is -0.183. The number of benzene rings is 2. The molecule has 518 valence electrons. The van der Waals surface area contributed by atoms with E-state index in [-0.39, 0.29) is 94.0 Å². The third kappa shape index (κ3) is 12.1. The van der Waals surface area contributed by atoms with Crippen molar-refractivity contribution >= 4 is 39.4 Å². The lowest BCUT2D eigenvalue weighted by Crippen LogP contribution is -2.65. The van der Waals surface area contributed by atoms with Crippen LogP contribution < -0.4 is 26.0 Å². The van der Waals surface area contributed by atoms with Gasteiger partial charge in [-0.2, -0.15) is 0 Å². The third-order valence-corrected chi connectivity index (χ3v) is 29.8. The van der Waals surface area contributed by atoms with Crippen LogP contribution in [-0.4, -0.2) is 160 Å². The number of aliphatic hydroxyl groups is 3. The Bertz CT molecular complexity index is 3420. The minimum Gasteiger partial charge on any atom is -0.508 e. The number of nitrogens with zero attached hydrogens (tertiary/aromatic N) is 1. The maximum Gasteiger partial charge on any atom is 0.332 e. The number of phenols is 2. The first kappa shape index (κ1) is 67.0. The van der Waals surface area contributed by atoms with Crippen LogP contribution in [0.25, 0.3) is 0 Å². The quantitative estimate of drug-likeness (QED) is 0.0466.